The fraction of sp³-hybridized carbons (Fsp3) is 0.733. The number of nitrogens with one attached hydrogen (secondary N) is 1. The van der Waals surface area contributed by atoms with Gasteiger partial charge in [0, 0.05) is 19.4 Å². The Hall–Kier alpha value is -1.56. The third-order valence-corrected chi connectivity index (χ3v) is 3.94. The molecule has 2 heterocycles. The number of ether oxygens (including phenoxy) is 3. The van der Waals surface area contributed by atoms with E-state index in [1.54, 1.807) is 13.8 Å². The molecule has 1 aromatic rings. The molecule has 4 N–H and O–H groups in total. The van der Waals surface area contributed by atoms with E-state index in [1.807, 2.05) is 0 Å². The molecule has 0 aliphatic carbocycles. The zero-order valence-corrected chi connectivity index (χ0v) is 14.1. The van der Waals surface area contributed by atoms with Crippen molar-refractivity contribution in [1.29, 1.82) is 0 Å². The molecule has 10 nitrogen and oxygen atoms in total. The Morgan fingerprint density at radius 1 is 1.24 bits per heavy atom. The van der Waals surface area contributed by atoms with Crippen LogP contribution >= 0.6 is 0 Å². The molecule has 0 radical (unpaired) electrons. The van der Waals surface area contributed by atoms with Crippen LogP contribution in [0, 0.1) is 0 Å². The first-order chi connectivity index (χ1) is 11.9. The van der Waals surface area contributed by atoms with Gasteiger partial charge in [-0.1, -0.05) is 0 Å². The van der Waals surface area contributed by atoms with E-state index >= 15 is 0 Å². The summed E-state index contributed by atoms with van der Waals surface area (Å²) in [6.45, 7) is 3.84. The first-order valence-corrected chi connectivity index (χ1v) is 8.12. The molecule has 1 aliphatic heterocycles. The predicted molar refractivity (Wildman–Crippen MR) is 85.1 cm³/mol. The summed E-state index contributed by atoms with van der Waals surface area (Å²) in [6, 6.07) is 0. The average molecular weight is 360 g/mol. The van der Waals surface area contributed by atoms with Crippen molar-refractivity contribution in [1.82, 2.24) is 9.55 Å². The number of aliphatic hydroxyl groups excluding tert-OH is 3. The van der Waals surface area contributed by atoms with E-state index < -0.39 is 48.6 Å². The number of hydrogen-bond acceptors (Lipinski definition) is 8. The van der Waals surface area contributed by atoms with Gasteiger partial charge in [0.25, 0.3) is 5.56 Å². The molecule has 25 heavy (non-hydrogen) atoms. The van der Waals surface area contributed by atoms with Crippen LogP contribution in [0.1, 0.15) is 25.5 Å². The molecule has 4 atom stereocenters. The minimum Gasteiger partial charge on any atom is -0.394 e. The average Bonchev–Trinajstić information content (AvgIpc) is 2.85. The van der Waals surface area contributed by atoms with Gasteiger partial charge in [0.2, 0.25) is 0 Å². The Labute approximate surface area is 143 Å². The second-order valence-electron chi connectivity index (χ2n) is 5.60. The summed E-state index contributed by atoms with van der Waals surface area (Å²) in [5.74, 6) is 0. The van der Waals surface area contributed by atoms with Crippen LogP contribution in [0.3, 0.4) is 0 Å². The molecule has 0 bridgehead atoms. The number of H-pyrrole nitrogens is 1. The van der Waals surface area contributed by atoms with E-state index in [9.17, 15) is 19.8 Å². The summed E-state index contributed by atoms with van der Waals surface area (Å²) in [6.07, 6.45) is -4.36. The SMILES string of the molecule is CCOC(Cn1cc([C@@H]2O[C@H](CO)[C@@H](O)[C@H]2O)c(=O)[nH]c1=O)OCC. The van der Waals surface area contributed by atoms with Gasteiger partial charge in [-0.3, -0.25) is 14.3 Å². The van der Waals surface area contributed by atoms with Gasteiger partial charge in [-0.15, -0.1) is 0 Å². The summed E-state index contributed by atoms with van der Waals surface area (Å²) in [5, 5.41) is 29.1. The topological polar surface area (TPSA) is 143 Å². The Kier molecular flexibility index (Phi) is 6.87. The molecule has 142 valence electrons. The molecule has 0 aromatic carbocycles. The van der Waals surface area contributed by atoms with Crippen molar-refractivity contribution in [3.8, 4) is 0 Å². The molecule has 0 saturated carbocycles. The minimum atomic E-state index is -1.40. The van der Waals surface area contributed by atoms with E-state index in [0.29, 0.717) is 13.2 Å². The third kappa shape index (κ3) is 4.35. The van der Waals surface area contributed by atoms with Gasteiger partial charge in [0.05, 0.1) is 18.7 Å². The summed E-state index contributed by atoms with van der Waals surface area (Å²) in [7, 11) is 0. The number of aromatic amines is 1. The monoisotopic (exact) mass is 360 g/mol. The van der Waals surface area contributed by atoms with Crippen LogP contribution in [0.4, 0.5) is 0 Å². The van der Waals surface area contributed by atoms with Gasteiger partial charge in [-0.2, -0.15) is 0 Å². The summed E-state index contributed by atoms with van der Waals surface area (Å²) in [5.41, 5.74) is -1.43. The molecule has 10 heteroatoms. The lowest BCUT2D eigenvalue weighted by molar-refractivity contribution is -0.144. The number of hydrogen-bond donors (Lipinski definition) is 4. The lowest BCUT2D eigenvalue weighted by Crippen LogP contribution is -2.38. The second kappa shape index (κ2) is 8.70. The van der Waals surface area contributed by atoms with Crippen LogP contribution in [-0.4, -0.2) is 69.3 Å². The number of aromatic nitrogens is 2. The molecular formula is C15H24N2O8. The Bertz CT molecular complexity index is 666. The maximum absolute atomic E-state index is 12.1. The highest BCUT2D eigenvalue weighted by Crippen LogP contribution is 2.31. The van der Waals surface area contributed by atoms with Crippen molar-refractivity contribution < 1.29 is 29.5 Å². The highest BCUT2D eigenvalue weighted by atomic mass is 16.7. The number of nitrogens with zero attached hydrogens (tertiary/aromatic N) is 1. The van der Waals surface area contributed by atoms with Crippen molar-refractivity contribution in [2.45, 2.75) is 51.1 Å². The lowest BCUT2D eigenvalue weighted by Gasteiger charge is -2.19. The zero-order valence-electron chi connectivity index (χ0n) is 14.1. The molecule has 1 saturated heterocycles. The molecule has 0 spiro atoms. The van der Waals surface area contributed by atoms with Gasteiger partial charge in [0.15, 0.2) is 6.29 Å². The molecule has 0 unspecified atom stereocenters. The highest BCUT2D eigenvalue weighted by molar-refractivity contribution is 5.14. The number of rotatable bonds is 8. The first kappa shape index (κ1) is 19.8. The molecule has 1 aromatic heterocycles. The van der Waals surface area contributed by atoms with Gasteiger partial charge in [-0.05, 0) is 13.8 Å². The minimum absolute atomic E-state index is 0.0269. The molecule has 1 fully saturated rings. The Balaban J connectivity index is 2.31. The normalized spacial score (nSPS) is 26.5. The van der Waals surface area contributed by atoms with Gasteiger partial charge < -0.3 is 29.5 Å². The summed E-state index contributed by atoms with van der Waals surface area (Å²) < 4.78 is 17.3. The Morgan fingerprint density at radius 3 is 2.40 bits per heavy atom. The third-order valence-electron chi connectivity index (χ3n) is 3.94. The predicted octanol–water partition coefficient (Wildman–Crippen LogP) is -1.91. The van der Waals surface area contributed by atoms with E-state index in [4.69, 9.17) is 19.3 Å². The maximum Gasteiger partial charge on any atom is 0.328 e. The van der Waals surface area contributed by atoms with Crippen LogP contribution in [0.25, 0.3) is 0 Å². The Morgan fingerprint density at radius 2 is 1.88 bits per heavy atom. The van der Waals surface area contributed by atoms with E-state index in [1.165, 1.54) is 10.8 Å². The smallest absolute Gasteiger partial charge is 0.328 e. The fourth-order valence-electron chi connectivity index (χ4n) is 2.71. The van der Waals surface area contributed by atoms with Crippen LogP contribution in [0.2, 0.25) is 0 Å². The van der Waals surface area contributed by atoms with Gasteiger partial charge >= 0.3 is 5.69 Å². The molecule has 2 rings (SSSR count). The van der Waals surface area contributed by atoms with Gasteiger partial charge in [-0.25, -0.2) is 4.79 Å². The summed E-state index contributed by atoms with van der Waals surface area (Å²) >= 11 is 0. The van der Waals surface area contributed by atoms with Crippen molar-refractivity contribution in [2.75, 3.05) is 19.8 Å². The van der Waals surface area contributed by atoms with E-state index in [-0.39, 0.29) is 12.1 Å². The van der Waals surface area contributed by atoms with Crippen LogP contribution in [-0.2, 0) is 20.8 Å². The summed E-state index contributed by atoms with van der Waals surface area (Å²) in [4.78, 5) is 26.3. The van der Waals surface area contributed by atoms with E-state index in [0.717, 1.165) is 0 Å². The number of aliphatic hydroxyl groups is 3. The van der Waals surface area contributed by atoms with Crippen molar-refractivity contribution in [2.24, 2.45) is 0 Å². The molecule has 1 aliphatic rings. The van der Waals surface area contributed by atoms with Crippen molar-refractivity contribution >= 4 is 0 Å². The van der Waals surface area contributed by atoms with Gasteiger partial charge in [0.1, 0.15) is 24.4 Å². The van der Waals surface area contributed by atoms with E-state index in [2.05, 4.69) is 4.98 Å². The fourth-order valence-corrected chi connectivity index (χ4v) is 2.71. The van der Waals surface area contributed by atoms with Crippen LogP contribution < -0.4 is 11.2 Å². The second-order valence-corrected chi connectivity index (χ2v) is 5.60. The van der Waals surface area contributed by atoms with Crippen LogP contribution in [0.5, 0.6) is 0 Å². The maximum atomic E-state index is 12.1. The van der Waals surface area contributed by atoms with Crippen LogP contribution in [0.15, 0.2) is 15.8 Å². The van der Waals surface area contributed by atoms with Crippen molar-refractivity contribution in [3.05, 3.63) is 32.6 Å². The largest absolute Gasteiger partial charge is 0.394 e. The zero-order chi connectivity index (χ0) is 18.6. The highest BCUT2D eigenvalue weighted by Gasteiger charge is 2.44. The lowest BCUT2D eigenvalue weighted by atomic mass is 10.0. The first-order valence-electron chi connectivity index (χ1n) is 8.12. The molecular weight excluding hydrogens is 336 g/mol. The van der Waals surface area contributed by atoms with Crippen molar-refractivity contribution in [3.63, 3.8) is 0 Å². The molecule has 0 amide bonds. The quantitative estimate of drug-likeness (QED) is 0.393. The standard InChI is InChI=1S/C15H24N2O8/c1-3-23-10(24-4-2)6-17-5-8(14(21)16-15(17)22)13-12(20)11(19)9(7-18)25-13/h5,9-13,18-20H,3-4,6-7H2,1-2H3,(H,16,21,22)/t9-,11-,12-,13+/m1/s1.